The van der Waals surface area contributed by atoms with Crippen molar-refractivity contribution in [1.29, 1.82) is 0 Å². The molecule has 0 aromatic carbocycles. The average Bonchev–Trinajstić information content (AvgIpc) is 2.98. The Morgan fingerprint density at radius 1 is 1.33 bits per heavy atom. The number of hydrogen-bond donors (Lipinski definition) is 2. The normalized spacial score (nSPS) is 18.9. The summed E-state index contributed by atoms with van der Waals surface area (Å²) >= 11 is 0. The lowest BCUT2D eigenvalue weighted by atomic mass is 10.1. The smallest absolute Gasteiger partial charge is 0.158 e. The predicted molar refractivity (Wildman–Crippen MR) is 85.6 cm³/mol. The van der Waals surface area contributed by atoms with E-state index in [1.54, 1.807) is 0 Å². The van der Waals surface area contributed by atoms with E-state index in [0.29, 0.717) is 25.0 Å². The molecule has 118 valence electrons. The first-order valence-corrected chi connectivity index (χ1v) is 7.84. The Morgan fingerprint density at radius 3 is 2.81 bits per heavy atom. The Balaban J connectivity index is 1.92. The second-order valence-electron chi connectivity index (χ2n) is 5.37. The van der Waals surface area contributed by atoms with Crippen LogP contribution < -0.4 is 10.6 Å². The Kier molecular flexibility index (Phi) is 6.20. The van der Waals surface area contributed by atoms with Crippen LogP contribution in [0.25, 0.3) is 0 Å². The van der Waals surface area contributed by atoms with E-state index < -0.39 is 0 Å². The van der Waals surface area contributed by atoms with Gasteiger partial charge in [-0.3, -0.25) is 0 Å². The molecule has 0 bridgehead atoms. The first-order chi connectivity index (χ1) is 10.2. The van der Waals surface area contributed by atoms with E-state index >= 15 is 0 Å². The molecule has 1 saturated heterocycles. The van der Waals surface area contributed by atoms with Gasteiger partial charge in [0.25, 0.3) is 0 Å². The van der Waals surface area contributed by atoms with Crippen molar-refractivity contribution in [2.75, 3.05) is 50.5 Å². The standard InChI is InChI=1S/C15H27N5O/c1-4-20-7-6-12(10-20)9-17-14-8-13(16-3)18-15(19-14)11-21-5-2/h8,12H,4-7,9-11H2,1-3H3,(H2,16,17,18,19). The largest absolute Gasteiger partial charge is 0.374 e. The lowest BCUT2D eigenvalue weighted by molar-refractivity contribution is 0.128. The molecule has 1 atom stereocenters. The second kappa shape index (κ2) is 8.14. The summed E-state index contributed by atoms with van der Waals surface area (Å²) in [5, 5.41) is 6.52. The second-order valence-corrected chi connectivity index (χ2v) is 5.37. The van der Waals surface area contributed by atoms with E-state index in [9.17, 15) is 0 Å². The summed E-state index contributed by atoms with van der Waals surface area (Å²) in [5.41, 5.74) is 0. The predicted octanol–water partition coefficient (Wildman–Crippen LogP) is 1.81. The van der Waals surface area contributed by atoms with Gasteiger partial charge in [-0.25, -0.2) is 9.97 Å². The van der Waals surface area contributed by atoms with E-state index in [4.69, 9.17) is 4.74 Å². The Labute approximate surface area is 127 Å². The average molecular weight is 293 g/mol. The van der Waals surface area contributed by atoms with Crippen LogP contribution in [0.1, 0.15) is 26.1 Å². The first-order valence-electron chi connectivity index (χ1n) is 7.84. The third-order valence-corrected chi connectivity index (χ3v) is 3.85. The zero-order chi connectivity index (χ0) is 15.1. The molecule has 2 heterocycles. The van der Waals surface area contributed by atoms with Crippen molar-refractivity contribution in [3.8, 4) is 0 Å². The zero-order valence-electron chi connectivity index (χ0n) is 13.4. The SMILES string of the molecule is CCOCc1nc(NC)cc(NCC2CCN(CC)C2)n1. The van der Waals surface area contributed by atoms with Gasteiger partial charge >= 0.3 is 0 Å². The van der Waals surface area contributed by atoms with E-state index in [2.05, 4.69) is 32.4 Å². The van der Waals surface area contributed by atoms with Crippen molar-refractivity contribution in [2.45, 2.75) is 26.9 Å². The van der Waals surface area contributed by atoms with Gasteiger partial charge in [0.1, 0.15) is 18.2 Å². The van der Waals surface area contributed by atoms with Crippen LogP contribution in [0, 0.1) is 5.92 Å². The number of hydrogen-bond acceptors (Lipinski definition) is 6. The first kappa shape index (κ1) is 16.0. The van der Waals surface area contributed by atoms with Gasteiger partial charge in [-0.15, -0.1) is 0 Å². The minimum atomic E-state index is 0.452. The van der Waals surface area contributed by atoms with Crippen LogP contribution >= 0.6 is 0 Å². The van der Waals surface area contributed by atoms with Crippen LogP contribution in [-0.2, 0) is 11.3 Å². The Bertz CT molecular complexity index is 440. The van der Waals surface area contributed by atoms with Crippen LogP contribution in [0.15, 0.2) is 6.07 Å². The van der Waals surface area contributed by atoms with Gasteiger partial charge in [-0.2, -0.15) is 0 Å². The molecule has 21 heavy (non-hydrogen) atoms. The molecule has 2 N–H and O–H groups in total. The molecule has 0 aliphatic carbocycles. The number of anilines is 2. The molecule has 1 fully saturated rings. The Hall–Kier alpha value is -1.40. The van der Waals surface area contributed by atoms with Crippen LogP contribution in [0.2, 0.25) is 0 Å². The van der Waals surface area contributed by atoms with E-state index in [0.717, 1.165) is 24.7 Å². The molecule has 6 heteroatoms. The van der Waals surface area contributed by atoms with E-state index in [-0.39, 0.29) is 0 Å². The minimum absolute atomic E-state index is 0.452. The molecule has 6 nitrogen and oxygen atoms in total. The summed E-state index contributed by atoms with van der Waals surface area (Å²) in [4.78, 5) is 11.4. The molecule has 0 saturated carbocycles. The molecule has 1 aromatic heterocycles. The minimum Gasteiger partial charge on any atom is -0.374 e. The molecule has 1 unspecified atom stereocenters. The fourth-order valence-corrected chi connectivity index (χ4v) is 2.59. The number of nitrogens with one attached hydrogen (secondary N) is 2. The highest BCUT2D eigenvalue weighted by atomic mass is 16.5. The summed E-state index contributed by atoms with van der Waals surface area (Å²) in [6.45, 7) is 9.82. The maximum Gasteiger partial charge on any atom is 0.158 e. The van der Waals surface area contributed by atoms with Crippen LogP contribution in [0.5, 0.6) is 0 Å². The maximum absolute atomic E-state index is 5.39. The molecular formula is C15H27N5O. The molecule has 1 aromatic rings. The number of aromatic nitrogens is 2. The lowest BCUT2D eigenvalue weighted by Crippen LogP contribution is -2.22. The third-order valence-electron chi connectivity index (χ3n) is 3.85. The zero-order valence-corrected chi connectivity index (χ0v) is 13.4. The summed E-state index contributed by atoms with van der Waals surface area (Å²) in [5.74, 6) is 3.11. The summed E-state index contributed by atoms with van der Waals surface area (Å²) in [6.07, 6.45) is 1.26. The van der Waals surface area contributed by atoms with Gasteiger partial charge in [0.15, 0.2) is 5.82 Å². The molecule has 2 rings (SSSR count). The molecule has 0 amide bonds. The summed E-state index contributed by atoms with van der Waals surface area (Å²) < 4.78 is 5.39. The van der Waals surface area contributed by atoms with Crippen molar-refractivity contribution >= 4 is 11.6 Å². The number of ether oxygens (including phenoxy) is 1. The highest BCUT2D eigenvalue weighted by Crippen LogP contribution is 2.17. The van der Waals surface area contributed by atoms with Crippen LogP contribution in [-0.4, -0.2) is 54.7 Å². The van der Waals surface area contributed by atoms with E-state index in [1.807, 2.05) is 20.0 Å². The molecule has 0 radical (unpaired) electrons. The summed E-state index contributed by atoms with van der Waals surface area (Å²) in [7, 11) is 1.87. The summed E-state index contributed by atoms with van der Waals surface area (Å²) in [6, 6.07) is 1.95. The van der Waals surface area contributed by atoms with Crippen molar-refractivity contribution in [3.05, 3.63) is 11.9 Å². The molecule has 1 aliphatic heterocycles. The fraction of sp³-hybridized carbons (Fsp3) is 0.733. The third kappa shape index (κ3) is 4.82. The molecule has 1 aliphatic rings. The van der Waals surface area contributed by atoms with Gasteiger partial charge in [0.2, 0.25) is 0 Å². The van der Waals surface area contributed by atoms with Crippen molar-refractivity contribution in [3.63, 3.8) is 0 Å². The maximum atomic E-state index is 5.39. The number of likely N-dealkylation sites (tertiary alicyclic amines) is 1. The lowest BCUT2D eigenvalue weighted by Gasteiger charge is -2.15. The van der Waals surface area contributed by atoms with Crippen molar-refractivity contribution < 1.29 is 4.74 Å². The monoisotopic (exact) mass is 293 g/mol. The van der Waals surface area contributed by atoms with Crippen LogP contribution in [0.4, 0.5) is 11.6 Å². The molecular weight excluding hydrogens is 266 g/mol. The van der Waals surface area contributed by atoms with Gasteiger partial charge in [0, 0.05) is 32.8 Å². The van der Waals surface area contributed by atoms with Gasteiger partial charge in [0.05, 0.1) is 0 Å². The number of nitrogens with zero attached hydrogens (tertiary/aromatic N) is 3. The molecule has 0 spiro atoms. The van der Waals surface area contributed by atoms with Crippen LogP contribution in [0.3, 0.4) is 0 Å². The van der Waals surface area contributed by atoms with Gasteiger partial charge < -0.3 is 20.3 Å². The van der Waals surface area contributed by atoms with Crippen molar-refractivity contribution in [2.24, 2.45) is 5.92 Å². The Morgan fingerprint density at radius 2 is 2.14 bits per heavy atom. The highest BCUT2D eigenvalue weighted by molar-refractivity contribution is 5.47. The topological polar surface area (TPSA) is 62.3 Å². The van der Waals surface area contributed by atoms with E-state index in [1.165, 1.54) is 19.5 Å². The van der Waals surface area contributed by atoms with Gasteiger partial charge in [-0.1, -0.05) is 6.92 Å². The van der Waals surface area contributed by atoms with Crippen molar-refractivity contribution in [1.82, 2.24) is 14.9 Å². The highest BCUT2D eigenvalue weighted by Gasteiger charge is 2.20. The quantitative estimate of drug-likeness (QED) is 0.762. The van der Waals surface area contributed by atoms with Gasteiger partial charge in [-0.05, 0) is 32.4 Å². The fourth-order valence-electron chi connectivity index (χ4n) is 2.59. The number of rotatable bonds is 8.